The lowest BCUT2D eigenvalue weighted by atomic mass is 9.95. The minimum atomic E-state index is 0.253. The highest BCUT2D eigenvalue weighted by atomic mass is 15.3. The number of nitrogens with two attached hydrogens (primary N) is 2. The Morgan fingerprint density at radius 2 is 2.24 bits per heavy atom. The fourth-order valence-corrected chi connectivity index (χ4v) is 2.23. The van der Waals surface area contributed by atoms with Gasteiger partial charge in [-0.3, -0.25) is 0 Å². The fraction of sp³-hybridized carbons (Fsp3) is 0.636. The summed E-state index contributed by atoms with van der Waals surface area (Å²) in [5.41, 5.74) is 8.16. The summed E-state index contributed by atoms with van der Waals surface area (Å²) in [4.78, 5) is 10.5. The molecule has 5 N–H and O–H groups in total. The zero-order valence-electron chi connectivity index (χ0n) is 10.3. The molecule has 17 heavy (non-hydrogen) atoms. The molecule has 0 radical (unpaired) electrons. The Labute approximate surface area is 101 Å². The average Bonchev–Trinajstić information content (AvgIpc) is 2.77. The second-order valence-corrected chi connectivity index (χ2v) is 4.85. The molecule has 0 amide bonds. The summed E-state index contributed by atoms with van der Waals surface area (Å²) < 4.78 is 0. The van der Waals surface area contributed by atoms with E-state index in [4.69, 9.17) is 11.6 Å². The molecule has 1 aliphatic heterocycles. The molecule has 1 aromatic heterocycles. The molecule has 1 aliphatic rings. The van der Waals surface area contributed by atoms with Crippen molar-refractivity contribution in [2.24, 2.45) is 17.7 Å². The summed E-state index contributed by atoms with van der Waals surface area (Å²) >= 11 is 0. The van der Waals surface area contributed by atoms with Crippen LogP contribution in [0.2, 0.25) is 0 Å². The molecule has 94 valence electrons. The number of nitrogens with one attached hydrogen (secondary N) is 1. The minimum Gasteiger partial charge on any atom is -0.368 e. The van der Waals surface area contributed by atoms with Gasteiger partial charge in [0.1, 0.15) is 11.6 Å². The van der Waals surface area contributed by atoms with Gasteiger partial charge in [-0.2, -0.15) is 9.97 Å². The van der Waals surface area contributed by atoms with Crippen LogP contribution in [-0.4, -0.2) is 23.1 Å². The summed E-state index contributed by atoms with van der Waals surface area (Å²) in [5.74, 6) is 8.43. The molecule has 1 saturated heterocycles. The second kappa shape index (κ2) is 4.75. The molecule has 0 aromatic carbocycles. The molecule has 2 heterocycles. The Kier molecular flexibility index (Phi) is 3.33. The van der Waals surface area contributed by atoms with Gasteiger partial charge in [0.2, 0.25) is 5.95 Å². The van der Waals surface area contributed by atoms with Crippen molar-refractivity contribution in [3.8, 4) is 0 Å². The first kappa shape index (κ1) is 11.9. The van der Waals surface area contributed by atoms with Crippen molar-refractivity contribution in [2.45, 2.75) is 20.3 Å². The maximum Gasteiger partial charge on any atom is 0.223 e. The average molecular weight is 236 g/mol. The van der Waals surface area contributed by atoms with E-state index < -0.39 is 0 Å². The van der Waals surface area contributed by atoms with Crippen molar-refractivity contribution in [2.75, 3.05) is 29.1 Å². The Morgan fingerprint density at radius 3 is 2.82 bits per heavy atom. The van der Waals surface area contributed by atoms with E-state index in [1.807, 2.05) is 6.07 Å². The van der Waals surface area contributed by atoms with Gasteiger partial charge in [0.15, 0.2) is 0 Å². The van der Waals surface area contributed by atoms with E-state index in [0.29, 0.717) is 11.7 Å². The Hall–Kier alpha value is -1.56. The largest absolute Gasteiger partial charge is 0.368 e. The number of rotatable bonds is 3. The molecular weight excluding hydrogens is 216 g/mol. The Bertz CT molecular complexity index is 392. The molecule has 1 atom stereocenters. The highest BCUT2D eigenvalue weighted by Gasteiger charge is 2.26. The first-order valence-corrected chi connectivity index (χ1v) is 5.96. The van der Waals surface area contributed by atoms with Gasteiger partial charge >= 0.3 is 0 Å². The molecule has 0 bridgehead atoms. The molecule has 1 unspecified atom stereocenters. The van der Waals surface area contributed by atoms with Gasteiger partial charge in [-0.25, -0.2) is 5.84 Å². The smallest absolute Gasteiger partial charge is 0.223 e. The number of aromatic nitrogens is 2. The third-order valence-electron chi connectivity index (χ3n) is 3.37. The first-order chi connectivity index (χ1) is 8.10. The van der Waals surface area contributed by atoms with Crippen LogP contribution < -0.4 is 21.9 Å². The first-order valence-electron chi connectivity index (χ1n) is 5.96. The second-order valence-electron chi connectivity index (χ2n) is 4.85. The number of hydrogen-bond acceptors (Lipinski definition) is 6. The summed E-state index contributed by atoms with van der Waals surface area (Å²) in [6.07, 6.45) is 1.20. The van der Waals surface area contributed by atoms with E-state index in [0.717, 1.165) is 24.8 Å². The molecule has 6 heteroatoms. The fourth-order valence-electron chi connectivity index (χ4n) is 2.23. The lowest BCUT2D eigenvalue weighted by Gasteiger charge is -2.19. The third kappa shape index (κ3) is 2.58. The summed E-state index contributed by atoms with van der Waals surface area (Å²) in [7, 11) is 0. The van der Waals surface area contributed by atoms with Crippen LogP contribution in [0.1, 0.15) is 20.3 Å². The molecular formula is C11H20N6. The quantitative estimate of drug-likeness (QED) is 0.531. The van der Waals surface area contributed by atoms with E-state index in [1.165, 1.54) is 6.42 Å². The molecule has 0 spiro atoms. The minimum absolute atomic E-state index is 0.253. The van der Waals surface area contributed by atoms with Gasteiger partial charge in [0.25, 0.3) is 0 Å². The topological polar surface area (TPSA) is 93.1 Å². The van der Waals surface area contributed by atoms with Crippen LogP contribution in [0, 0.1) is 11.8 Å². The van der Waals surface area contributed by atoms with E-state index in [2.05, 4.69) is 34.1 Å². The summed E-state index contributed by atoms with van der Waals surface area (Å²) in [5, 5.41) is 0. The SMILES string of the molecule is CC(C)C1CCN(c2cc(NN)nc(N)n2)C1. The van der Waals surface area contributed by atoms with Gasteiger partial charge in [-0.05, 0) is 18.3 Å². The van der Waals surface area contributed by atoms with Gasteiger partial charge in [-0.1, -0.05) is 13.8 Å². The maximum absolute atomic E-state index is 5.65. The normalized spacial score (nSPS) is 20.0. The van der Waals surface area contributed by atoms with Crippen LogP contribution in [0.15, 0.2) is 6.07 Å². The molecule has 2 rings (SSSR count). The standard InChI is InChI=1S/C11H20N6/c1-7(2)8-3-4-17(6-8)10-5-9(16-13)14-11(12)15-10/h5,7-8H,3-4,6,13H2,1-2H3,(H3,12,14,15,16). The number of nitrogen functional groups attached to an aromatic ring is 2. The van der Waals surface area contributed by atoms with Crippen LogP contribution in [-0.2, 0) is 0 Å². The molecule has 1 fully saturated rings. The van der Waals surface area contributed by atoms with E-state index in [9.17, 15) is 0 Å². The Morgan fingerprint density at radius 1 is 1.47 bits per heavy atom. The molecule has 6 nitrogen and oxygen atoms in total. The van der Waals surface area contributed by atoms with Crippen LogP contribution in [0.5, 0.6) is 0 Å². The van der Waals surface area contributed by atoms with Crippen LogP contribution >= 0.6 is 0 Å². The molecule has 0 aliphatic carbocycles. The summed E-state index contributed by atoms with van der Waals surface area (Å²) in [6.45, 7) is 6.56. The van der Waals surface area contributed by atoms with Gasteiger partial charge in [0.05, 0.1) is 0 Å². The van der Waals surface area contributed by atoms with Crippen LogP contribution in [0.25, 0.3) is 0 Å². The lowest BCUT2D eigenvalue weighted by molar-refractivity contribution is 0.422. The van der Waals surface area contributed by atoms with E-state index >= 15 is 0 Å². The molecule has 0 saturated carbocycles. The highest BCUT2D eigenvalue weighted by molar-refractivity contribution is 5.52. The van der Waals surface area contributed by atoms with Crippen molar-refractivity contribution < 1.29 is 0 Å². The van der Waals surface area contributed by atoms with Gasteiger partial charge in [-0.15, -0.1) is 0 Å². The number of hydrogen-bond donors (Lipinski definition) is 3. The third-order valence-corrected chi connectivity index (χ3v) is 3.37. The number of anilines is 3. The van der Waals surface area contributed by atoms with Crippen LogP contribution in [0.3, 0.4) is 0 Å². The van der Waals surface area contributed by atoms with Crippen molar-refractivity contribution in [1.82, 2.24) is 9.97 Å². The molecule has 1 aromatic rings. The number of nitrogens with zero attached hydrogens (tertiary/aromatic N) is 3. The zero-order chi connectivity index (χ0) is 12.4. The Balaban J connectivity index is 2.15. The van der Waals surface area contributed by atoms with Crippen molar-refractivity contribution in [3.05, 3.63) is 6.07 Å². The predicted octanol–water partition coefficient (Wildman–Crippen LogP) is 0.827. The van der Waals surface area contributed by atoms with E-state index in [1.54, 1.807) is 0 Å². The lowest BCUT2D eigenvalue weighted by Crippen LogP contribution is -2.23. The van der Waals surface area contributed by atoms with Gasteiger partial charge < -0.3 is 16.1 Å². The van der Waals surface area contributed by atoms with Crippen LogP contribution in [0.4, 0.5) is 17.6 Å². The van der Waals surface area contributed by atoms with E-state index in [-0.39, 0.29) is 5.95 Å². The van der Waals surface area contributed by atoms with Crippen molar-refractivity contribution in [3.63, 3.8) is 0 Å². The van der Waals surface area contributed by atoms with Gasteiger partial charge in [0, 0.05) is 19.2 Å². The van der Waals surface area contributed by atoms with Crippen molar-refractivity contribution >= 4 is 17.6 Å². The maximum atomic E-state index is 5.65. The number of hydrazine groups is 1. The highest BCUT2D eigenvalue weighted by Crippen LogP contribution is 2.28. The summed E-state index contributed by atoms with van der Waals surface area (Å²) in [6, 6.07) is 1.83. The monoisotopic (exact) mass is 236 g/mol. The zero-order valence-corrected chi connectivity index (χ0v) is 10.3. The predicted molar refractivity (Wildman–Crippen MR) is 69.4 cm³/mol. The van der Waals surface area contributed by atoms with Crippen molar-refractivity contribution in [1.29, 1.82) is 0 Å².